The van der Waals surface area contributed by atoms with Gasteiger partial charge in [-0.05, 0) is 42.8 Å². The van der Waals surface area contributed by atoms with Crippen molar-refractivity contribution >= 4 is 47.2 Å². The molecule has 0 aliphatic carbocycles. The number of hydrogen-bond acceptors (Lipinski definition) is 4. The van der Waals surface area contributed by atoms with Gasteiger partial charge >= 0.3 is 0 Å². The fourth-order valence-electron chi connectivity index (χ4n) is 3.39. The van der Waals surface area contributed by atoms with E-state index in [1.807, 2.05) is 48.1 Å². The smallest absolute Gasteiger partial charge is 0.191 e. The van der Waals surface area contributed by atoms with Gasteiger partial charge in [0.25, 0.3) is 0 Å². The van der Waals surface area contributed by atoms with Crippen LogP contribution < -0.4 is 10.6 Å². The molecule has 3 aromatic rings. The molecule has 158 valence electrons. The third kappa shape index (κ3) is 5.23. The van der Waals surface area contributed by atoms with Crippen LogP contribution in [0.15, 0.2) is 60.0 Å². The molecule has 1 saturated heterocycles. The zero-order valence-corrected chi connectivity index (χ0v) is 19.9. The Balaban J connectivity index is 0.00000256. The summed E-state index contributed by atoms with van der Waals surface area (Å²) in [6.07, 6.45) is 5.50. The Hall–Kier alpha value is -2.33. The zero-order chi connectivity index (χ0) is 20.2. The highest BCUT2D eigenvalue weighted by Gasteiger charge is 2.18. The molecular weight excluding hydrogens is 513 g/mol. The number of benzene rings is 1. The number of pyridine rings is 1. The summed E-state index contributed by atoms with van der Waals surface area (Å²) in [5.41, 5.74) is 8.44. The minimum absolute atomic E-state index is 0. The van der Waals surface area contributed by atoms with Crippen molar-refractivity contribution in [2.24, 2.45) is 10.7 Å². The number of aromatic nitrogens is 3. The average Bonchev–Trinajstić information content (AvgIpc) is 3.19. The Morgan fingerprint density at radius 2 is 1.80 bits per heavy atom. The van der Waals surface area contributed by atoms with Crippen molar-refractivity contribution in [3.63, 3.8) is 0 Å². The van der Waals surface area contributed by atoms with Gasteiger partial charge in [-0.3, -0.25) is 4.57 Å². The molecule has 2 N–H and O–H groups in total. The monoisotopic (exact) mass is 537 g/mol. The lowest BCUT2D eigenvalue weighted by Crippen LogP contribution is -2.51. The first-order valence-electron chi connectivity index (χ1n) is 9.61. The second-order valence-corrected chi connectivity index (χ2v) is 7.43. The summed E-state index contributed by atoms with van der Waals surface area (Å²) in [5.74, 6) is 2.33. The van der Waals surface area contributed by atoms with Gasteiger partial charge in [0.1, 0.15) is 11.6 Å². The second-order valence-electron chi connectivity index (χ2n) is 6.99. The van der Waals surface area contributed by atoms with Crippen molar-refractivity contribution in [3.05, 3.63) is 71.4 Å². The summed E-state index contributed by atoms with van der Waals surface area (Å²) in [7, 11) is 0. The molecule has 0 spiro atoms. The van der Waals surface area contributed by atoms with Crippen molar-refractivity contribution < 1.29 is 0 Å². The fourth-order valence-corrected chi connectivity index (χ4v) is 3.52. The number of nitrogens with zero attached hydrogens (tertiary/aromatic N) is 6. The number of piperazine rings is 1. The summed E-state index contributed by atoms with van der Waals surface area (Å²) in [4.78, 5) is 17.8. The number of rotatable bonds is 4. The number of nitrogens with two attached hydrogens (primary N) is 1. The highest BCUT2D eigenvalue weighted by Crippen LogP contribution is 2.19. The number of halogens is 2. The Bertz CT molecular complexity index is 977. The topological polar surface area (TPSA) is 75.6 Å². The van der Waals surface area contributed by atoms with Gasteiger partial charge in [-0.25, -0.2) is 15.0 Å². The van der Waals surface area contributed by atoms with Gasteiger partial charge in [0.05, 0.1) is 6.54 Å². The van der Waals surface area contributed by atoms with E-state index in [1.54, 1.807) is 6.20 Å². The van der Waals surface area contributed by atoms with E-state index in [9.17, 15) is 0 Å². The minimum Gasteiger partial charge on any atom is -0.370 e. The third-order valence-electron chi connectivity index (χ3n) is 5.10. The Labute approximate surface area is 198 Å². The van der Waals surface area contributed by atoms with E-state index in [0.717, 1.165) is 48.4 Å². The van der Waals surface area contributed by atoms with Crippen molar-refractivity contribution in [1.82, 2.24) is 19.4 Å². The molecule has 4 rings (SSSR count). The van der Waals surface area contributed by atoms with Gasteiger partial charge < -0.3 is 15.5 Å². The van der Waals surface area contributed by atoms with Crippen molar-refractivity contribution in [2.45, 2.75) is 13.5 Å². The number of aliphatic imine (C=N–C) groups is 1. The first-order chi connectivity index (χ1) is 14.1. The molecule has 0 saturated carbocycles. The molecule has 1 aromatic carbocycles. The maximum absolute atomic E-state index is 6.23. The maximum Gasteiger partial charge on any atom is 0.191 e. The predicted molar refractivity (Wildman–Crippen MR) is 132 cm³/mol. The summed E-state index contributed by atoms with van der Waals surface area (Å²) < 4.78 is 1.95. The second kappa shape index (κ2) is 10.1. The molecule has 2 aromatic heterocycles. The van der Waals surface area contributed by atoms with Crippen LogP contribution in [0.3, 0.4) is 0 Å². The van der Waals surface area contributed by atoms with Crippen molar-refractivity contribution in [1.29, 1.82) is 0 Å². The first kappa shape index (κ1) is 22.4. The van der Waals surface area contributed by atoms with E-state index >= 15 is 0 Å². The van der Waals surface area contributed by atoms with Gasteiger partial charge in [-0.15, -0.1) is 24.0 Å². The van der Waals surface area contributed by atoms with Gasteiger partial charge in [-0.2, -0.15) is 0 Å². The first-order valence-corrected chi connectivity index (χ1v) is 9.98. The normalized spacial score (nSPS) is 14.5. The Morgan fingerprint density at radius 3 is 2.40 bits per heavy atom. The van der Waals surface area contributed by atoms with Crippen LogP contribution in [0.2, 0.25) is 5.02 Å². The van der Waals surface area contributed by atoms with Crippen LogP contribution in [-0.4, -0.2) is 51.6 Å². The van der Waals surface area contributed by atoms with Crippen LogP contribution in [0.25, 0.3) is 5.82 Å². The van der Waals surface area contributed by atoms with Gasteiger partial charge in [0.2, 0.25) is 0 Å². The summed E-state index contributed by atoms with van der Waals surface area (Å²) >= 11 is 5.97. The van der Waals surface area contributed by atoms with E-state index in [-0.39, 0.29) is 24.0 Å². The molecule has 0 unspecified atom stereocenters. The molecule has 0 atom stereocenters. The number of hydrogen-bond donors (Lipinski definition) is 1. The van der Waals surface area contributed by atoms with Crippen LogP contribution in [0.1, 0.15) is 11.4 Å². The molecule has 9 heteroatoms. The summed E-state index contributed by atoms with van der Waals surface area (Å²) in [6.45, 7) is 5.95. The van der Waals surface area contributed by atoms with Gasteiger partial charge in [0.15, 0.2) is 5.96 Å². The SMILES string of the molecule is Cc1nccn1-c1ccc(CN=C(N)N2CCN(c3ccc(Cl)cc3)CC2)cn1.I. The van der Waals surface area contributed by atoms with Crippen LogP contribution in [0.5, 0.6) is 0 Å². The Kier molecular flexibility index (Phi) is 7.54. The largest absolute Gasteiger partial charge is 0.370 e. The molecule has 1 aliphatic heterocycles. The average molecular weight is 538 g/mol. The lowest BCUT2D eigenvalue weighted by Gasteiger charge is -2.36. The van der Waals surface area contributed by atoms with E-state index in [0.29, 0.717) is 12.5 Å². The third-order valence-corrected chi connectivity index (χ3v) is 5.35. The highest BCUT2D eigenvalue weighted by atomic mass is 127. The lowest BCUT2D eigenvalue weighted by molar-refractivity contribution is 0.380. The van der Waals surface area contributed by atoms with Crippen LogP contribution in [-0.2, 0) is 6.54 Å². The van der Waals surface area contributed by atoms with E-state index in [4.69, 9.17) is 17.3 Å². The van der Waals surface area contributed by atoms with Crippen molar-refractivity contribution in [2.75, 3.05) is 31.1 Å². The predicted octanol–water partition coefficient (Wildman–Crippen LogP) is 3.48. The summed E-state index contributed by atoms with van der Waals surface area (Å²) in [6, 6.07) is 11.9. The van der Waals surface area contributed by atoms with Crippen LogP contribution in [0.4, 0.5) is 5.69 Å². The maximum atomic E-state index is 6.23. The van der Waals surface area contributed by atoms with E-state index < -0.39 is 0 Å². The highest BCUT2D eigenvalue weighted by molar-refractivity contribution is 14.0. The summed E-state index contributed by atoms with van der Waals surface area (Å²) in [5, 5.41) is 0.756. The number of guanidine groups is 1. The quantitative estimate of drug-likeness (QED) is 0.313. The molecule has 0 radical (unpaired) electrons. The standard InChI is InChI=1S/C21H24ClN7.HI/c1-16-24-8-9-29(16)20-7-2-17(14-25-20)15-26-21(23)28-12-10-27(11-13-28)19-5-3-18(22)4-6-19;/h2-9,14H,10-13,15H2,1H3,(H2,23,26);1H. The molecule has 0 bridgehead atoms. The molecular formula is C21H25ClIN7. The molecule has 3 heterocycles. The van der Waals surface area contributed by atoms with Crippen LogP contribution in [0, 0.1) is 6.92 Å². The molecule has 7 nitrogen and oxygen atoms in total. The fraction of sp³-hybridized carbons (Fsp3) is 0.286. The minimum atomic E-state index is 0. The van der Waals surface area contributed by atoms with Gasteiger partial charge in [0, 0.05) is 55.5 Å². The van der Waals surface area contributed by atoms with Crippen molar-refractivity contribution in [3.8, 4) is 5.82 Å². The number of aryl methyl sites for hydroxylation is 1. The number of anilines is 1. The van der Waals surface area contributed by atoms with E-state index in [2.05, 4.69) is 36.9 Å². The molecule has 30 heavy (non-hydrogen) atoms. The molecule has 1 fully saturated rings. The molecule has 0 amide bonds. The Morgan fingerprint density at radius 1 is 1.07 bits per heavy atom. The van der Waals surface area contributed by atoms with E-state index in [1.165, 1.54) is 5.69 Å². The lowest BCUT2D eigenvalue weighted by atomic mass is 10.2. The zero-order valence-electron chi connectivity index (χ0n) is 16.8. The van der Waals surface area contributed by atoms with Crippen LogP contribution >= 0.6 is 35.6 Å². The van der Waals surface area contributed by atoms with Gasteiger partial charge in [-0.1, -0.05) is 17.7 Å². The number of imidazole rings is 1. The molecule has 1 aliphatic rings.